The van der Waals surface area contributed by atoms with Crippen LogP contribution in [0.2, 0.25) is 0 Å². The average Bonchev–Trinajstić information content (AvgIpc) is 2.30. The van der Waals surface area contributed by atoms with Gasteiger partial charge in [-0.2, -0.15) is 0 Å². The van der Waals surface area contributed by atoms with Crippen molar-refractivity contribution in [3.63, 3.8) is 0 Å². The summed E-state index contributed by atoms with van der Waals surface area (Å²) in [5, 5.41) is 10.2. The first-order valence-electron chi connectivity index (χ1n) is 8.19. The Kier molecular flexibility index (Phi) is 4.94. The number of ether oxygens (including phenoxy) is 1. The zero-order valence-electron chi connectivity index (χ0n) is 13.2. The van der Waals surface area contributed by atoms with Crippen LogP contribution in [-0.2, 0) is 4.74 Å². The van der Waals surface area contributed by atoms with Crippen molar-refractivity contribution in [2.24, 2.45) is 17.3 Å². The first-order valence-corrected chi connectivity index (χ1v) is 8.19. The van der Waals surface area contributed by atoms with Crippen LogP contribution in [0.3, 0.4) is 0 Å². The molecule has 2 nitrogen and oxygen atoms in total. The number of hydrogen-bond donors (Lipinski definition) is 1. The van der Waals surface area contributed by atoms with Crippen LogP contribution in [0, 0.1) is 17.3 Å². The molecule has 2 heteroatoms. The second-order valence-electron chi connectivity index (χ2n) is 8.01. The van der Waals surface area contributed by atoms with Crippen LogP contribution in [0.25, 0.3) is 0 Å². The van der Waals surface area contributed by atoms with Gasteiger partial charge < -0.3 is 9.84 Å². The Hall–Kier alpha value is -0.0800. The number of rotatable bonds is 2. The monoisotopic (exact) mass is 268 g/mol. The lowest BCUT2D eigenvalue weighted by Gasteiger charge is -2.42. The first-order chi connectivity index (χ1) is 8.86. The summed E-state index contributed by atoms with van der Waals surface area (Å²) in [6, 6.07) is 0. The molecule has 0 radical (unpaired) electrons. The molecular weight excluding hydrogens is 236 g/mol. The fourth-order valence-electron chi connectivity index (χ4n) is 3.80. The highest BCUT2D eigenvalue weighted by atomic mass is 16.5. The van der Waals surface area contributed by atoms with Crippen LogP contribution in [0.5, 0.6) is 0 Å². The van der Waals surface area contributed by atoms with E-state index in [1.165, 1.54) is 25.7 Å². The zero-order valence-corrected chi connectivity index (χ0v) is 13.2. The lowest BCUT2D eigenvalue weighted by Crippen LogP contribution is -2.42. The van der Waals surface area contributed by atoms with E-state index in [4.69, 9.17) is 4.74 Å². The molecule has 0 amide bonds. The lowest BCUT2D eigenvalue weighted by atomic mass is 9.71. The minimum Gasteiger partial charge on any atom is -0.390 e. The van der Waals surface area contributed by atoms with Gasteiger partial charge in [-0.3, -0.25) is 0 Å². The molecule has 19 heavy (non-hydrogen) atoms. The Balaban J connectivity index is 1.90. The van der Waals surface area contributed by atoms with E-state index in [1.54, 1.807) is 0 Å². The highest BCUT2D eigenvalue weighted by Gasteiger charge is 2.37. The van der Waals surface area contributed by atoms with Gasteiger partial charge in [-0.1, -0.05) is 40.5 Å². The second kappa shape index (κ2) is 6.13. The third-order valence-electron chi connectivity index (χ3n) is 5.24. The summed E-state index contributed by atoms with van der Waals surface area (Å²) in [6.45, 7) is 9.27. The van der Waals surface area contributed by atoms with Gasteiger partial charge in [-0.25, -0.2) is 0 Å². The molecule has 112 valence electrons. The maximum absolute atomic E-state index is 10.2. The minimum absolute atomic E-state index is 0.0771. The van der Waals surface area contributed by atoms with Crippen LogP contribution in [0.4, 0.5) is 0 Å². The first kappa shape index (κ1) is 15.3. The van der Waals surface area contributed by atoms with Gasteiger partial charge in [0.2, 0.25) is 0 Å². The highest BCUT2D eigenvalue weighted by Crippen LogP contribution is 2.40. The van der Waals surface area contributed by atoms with Gasteiger partial charge in [0.25, 0.3) is 0 Å². The summed E-state index contributed by atoms with van der Waals surface area (Å²) in [4.78, 5) is 0. The summed E-state index contributed by atoms with van der Waals surface area (Å²) in [7, 11) is 0. The molecule has 2 rings (SSSR count). The van der Waals surface area contributed by atoms with Crippen LogP contribution < -0.4 is 0 Å². The summed E-state index contributed by atoms with van der Waals surface area (Å²) in [6.07, 6.45) is 8.33. The van der Waals surface area contributed by atoms with Crippen molar-refractivity contribution in [2.45, 2.75) is 91.0 Å². The van der Waals surface area contributed by atoms with Crippen molar-refractivity contribution in [3.8, 4) is 0 Å². The van der Waals surface area contributed by atoms with E-state index in [0.29, 0.717) is 17.4 Å². The van der Waals surface area contributed by atoms with Crippen molar-refractivity contribution in [3.05, 3.63) is 0 Å². The standard InChI is InChI=1S/C17H32O2/c1-12-6-5-7-14(10-12)19-16-11-13(17(2,3)4)8-9-15(16)18/h12-16,18H,5-11H2,1-4H3. The molecule has 0 aliphatic heterocycles. The van der Waals surface area contributed by atoms with Crippen LogP contribution >= 0.6 is 0 Å². The molecule has 0 bridgehead atoms. The third-order valence-corrected chi connectivity index (χ3v) is 5.24. The van der Waals surface area contributed by atoms with Gasteiger partial charge in [0, 0.05) is 0 Å². The zero-order chi connectivity index (χ0) is 14.0. The summed E-state index contributed by atoms with van der Waals surface area (Å²) in [5.41, 5.74) is 0.335. The Morgan fingerprint density at radius 2 is 1.74 bits per heavy atom. The summed E-state index contributed by atoms with van der Waals surface area (Å²) >= 11 is 0. The van der Waals surface area contributed by atoms with Gasteiger partial charge in [0.1, 0.15) is 0 Å². The molecule has 0 aromatic rings. The fourth-order valence-corrected chi connectivity index (χ4v) is 3.80. The molecule has 1 N–H and O–H groups in total. The van der Waals surface area contributed by atoms with Gasteiger partial charge in [0.15, 0.2) is 0 Å². The predicted octanol–water partition coefficient (Wildman–Crippen LogP) is 4.16. The number of hydrogen-bond acceptors (Lipinski definition) is 2. The molecule has 2 saturated carbocycles. The van der Waals surface area contributed by atoms with Gasteiger partial charge in [-0.15, -0.1) is 0 Å². The number of aliphatic hydroxyl groups excluding tert-OH is 1. The maximum Gasteiger partial charge on any atom is 0.0840 e. The molecule has 0 aromatic carbocycles. The van der Waals surface area contributed by atoms with Crippen LogP contribution in [0.1, 0.15) is 72.6 Å². The molecule has 5 unspecified atom stereocenters. The SMILES string of the molecule is CC1CCCC(OC2CC(C(C)(C)C)CCC2O)C1. The molecule has 2 aliphatic rings. The van der Waals surface area contributed by atoms with Crippen molar-refractivity contribution < 1.29 is 9.84 Å². The highest BCUT2D eigenvalue weighted by molar-refractivity contribution is 4.87. The normalized spacial score (nSPS) is 41.2. The molecule has 5 atom stereocenters. The van der Waals surface area contributed by atoms with E-state index in [2.05, 4.69) is 27.7 Å². The summed E-state index contributed by atoms with van der Waals surface area (Å²) in [5.74, 6) is 1.47. The second-order valence-corrected chi connectivity index (χ2v) is 8.01. The van der Waals surface area contributed by atoms with Gasteiger partial charge in [0.05, 0.1) is 18.3 Å². The van der Waals surface area contributed by atoms with Crippen LogP contribution in [-0.4, -0.2) is 23.4 Å². The Bertz CT molecular complexity index is 281. The quantitative estimate of drug-likeness (QED) is 0.815. The lowest BCUT2D eigenvalue weighted by molar-refractivity contribution is -0.124. The van der Waals surface area contributed by atoms with Gasteiger partial charge >= 0.3 is 0 Å². The topological polar surface area (TPSA) is 29.5 Å². The fraction of sp³-hybridized carbons (Fsp3) is 1.00. The summed E-state index contributed by atoms with van der Waals surface area (Å²) < 4.78 is 6.29. The molecule has 0 aromatic heterocycles. The van der Waals surface area contributed by atoms with Crippen molar-refractivity contribution >= 4 is 0 Å². The largest absolute Gasteiger partial charge is 0.390 e. The van der Waals surface area contributed by atoms with E-state index in [9.17, 15) is 5.11 Å². The van der Waals surface area contributed by atoms with E-state index in [-0.39, 0.29) is 12.2 Å². The molecule has 0 spiro atoms. The van der Waals surface area contributed by atoms with Crippen molar-refractivity contribution in [1.29, 1.82) is 0 Å². The maximum atomic E-state index is 10.2. The van der Waals surface area contributed by atoms with Crippen molar-refractivity contribution in [2.75, 3.05) is 0 Å². The van der Waals surface area contributed by atoms with Crippen molar-refractivity contribution in [1.82, 2.24) is 0 Å². The molecular formula is C17H32O2. The number of aliphatic hydroxyl groups is 1. The van der Waals surface area contributed by atoms with E-state index in [1.807, 2.05) is 0 Å². The van der Waals surface area contributed by atoms with E-state index in [0.717, 1.165) is 25.2 Å². The molecule has 2 aliphatic carbocycles. The van der Waals surface area contributed by atoms with Gasteiger partial charge in [-0.05, 0) is 49.4 Å². The minimum atomic E-state index is -0.240. The molecule has 0 heterocycles. The van der Waals surface area contributed by atoms with Crippen LogP contribution in [0.15, 0.2) is 0 Å². The Labute approximate surface area is 118 Å². The molecule has 0 saturated heterocycles. The third kappa shape index (κ3) is 4.19. The average molecular weight is 268 g/mol. The Morgan fingerprint density at radius 1 is 1.00 bits per heavy atom. The van der Waals surface area contributed by atoms with E-state index >= 15 is 0 Å². The van der Waals surface area contributed by atoms with E-state index < -0.39 is 0 Å². The molecule has 2 fully saturated rings. The Morgan fingerprint density at radius 3 is 2.37 bits per heavy atom. The predicted molar refractivity (Wildman–Crippen MR) is 79.1 cm³/mol. The smallest absolute Gasteiger partial charge is 0.0840 e.